The molecule has 0 aromatic heterocycles. The third-order valence-corrected chi connectivity index (χ3v) is 13.3. The highest BCUT2D eigenvalue weighted by molar-refractivity contribution is 6.24. The molecule has 62 heavy (non-hydrogen) atoms. The first-order chi connectivity index (χ1) is 30.1. The molecular weight excluding hydrogens is 777 g/mol. The average molecular weight is 825 g/mol. The highest BCUT2D eigenvalue weighted by atomic mass is 16.2. The number of hydrogen-bond donors (Lipinski definition) is 4. The Morgan fingerprint density at radius 3 is 1.26 bits per heavy atom. The van der Waals surface area contributed by atoms with Crippen LogP contribution in [0.5, 0.6) is 0 Å². The Balaban J connectivity index is 0.733. The van der Waals surface area contributed by atoms with E-state index < -0.39 is 30.2 Å². The van der Waals surface area contributed by atoms with Crippen molar-refractivity contribution in [1.29, 1.82) is 0 Å². The normalized spacial score (nSPS) is 17.7. The number of carbonyl (C=O) groups is 5. The summed E-state index contributed by atoms with van der Waals surface area (Å²) < 4.78 is 0. The Kier molecular flexibility index (Phi) is 9.97. The van der Waals surface area contributed by atoms with Gasteiger partial charge in [-0.2, -0.15) is 0 Å². The molecule has 6 amide bonds. The van der Waals surface area contributed by atoms with E-state index in [-0.39, 0.29) is 23.6 Å². The molecule has 8 aromatic carbocycles. The summed E-state index contributed by atoms with van der Waals surface area (Å²) in [6.07, 6.45) is 2.36. The number of rotatable bonds is 10. The first-order valence-electron chi connectivity index (χ1n) is 21.7. The third-order valence-electron chi connectivity index (χ3n) is 13.3. The number of carbonyl (C=O) groups excluding carboxylic acids is 5. The highest BCUT2D eigenvalue weighted by Gasteiger charge is 2.38. The first kappa shape index (κ1) is 39.1. The Morgan fingerprint density at radius 1 is 0.500 bits per heavy atom. The van der Waals surface area contributed by atoms with Crippen molar-refractivity contribution in [3.8, 4) is 0 Å². The quantitative estimate of drug-likeness (QED) is 0.106. The summed E-state index contributed by atoms with van der Waals surface area (Å²) in [5.41, 5.74) is 1.99. The second kappa shape index (κ2) is 15.8. The van der Waals surface area contributed by atoms with Gasteiger partial charge >= 0.3 is 6.03 Å². The molecule has 0 spiro atoms. The Bertz CT molecular complexity index is 2840. The zero-order valence-corrected chi connectivity index (χ0v) is 34.8. The van der Waals surface area contributed by atoms with Gasteiger partial charge in [0.2, 0.25) is 23.6 Å². The molecule has 0 aliphatic carbocycles. The molecule has 10 rings (SSSR count). The van der Waals surface area contributed by atoms with Crippen molar-refractivity contribution in [2.75, 3.05) is 13.1 Å². The van der Waals surface area contributed by atoms with Gasteiger partial charge in [0, 0.05) is 26.2 Å². The van der Waals surface area contributed by atoms with Gasteiger partial charge in [0.25, 0.3) is 0 Å². The van der Waals surface area contributed by atoms with Crippen molar-refractivity contribution in [3.63, 3.8) is 0 Å². The lowest BCUT2D eigenvalue weighted by molar-refractivity contribution is -0.139. The predicted octanol–water partition coefficient (Wildman–Crippen LogP) is 7.47. The summed E-state index contributed by atoms with van der Waals surface area (Å²) in [5, 5.41) is 25.5. The smallest absolute Gasteiger partial charge is 0.316 e. The van der Waals surface area contributed by atoms with Crippen molar-refractivity contribution < 1.29 is 24.0 Å². The number of nitrogens with zero attached hydrogens (tertiary/aromatic N) is 2. The molecular formula is C51H48N6O5. The molecule has 4 atom stereocenters. The number of benzene rings is 8. The lowest BCUT2D eigenvalue weighted by Gasteiger charge is -2.29. The molecule has 2 aliphatic rings. The number of nitrogens with one attached hydrogen (secondary N) is 4. The lowest BCUT2D eigenvalue weighted by Crippen LogP contribution is -2.57. The van der Waals surface area contributed by atoms with Crippen LogP contribution < -0.4 is 21.3 Å². The van der Waals surface area contributed by atoms with Crippen LogP contribution in [0.25, 0.3) is 64.6 Å². The molecule has 2 saturated heterocycles. The number of urea groups is 1. The van der Waals surface area contributed by atoms with Crippen LogP contribution in [-0.2, 0) is 32.3 Å². The Morgan fingerprint density at radius 2 is 0.855 bits per heavy atom. The van der Waals surface area contributed by atoms with Crippen molar-refractivity contribution in [2.45, 2.75) is 76.8 Å². The molecule has 8 aromatic rings. The number of amides is 6. The molecule has 0 saturated carbocycles. The Labute approximate surface area is 358 Å². The lowest BCUT2D eigenvalue weighted by atomic mass is 9.92. The van der Waals surface area contributed by atoms with E-state index in [9.17, 15) is 24.0 Å². The molecule has 0 radical (unpaired) electrons. The van der Waals surface area contributed by atoms with E-state index >= 15 is 0 Å². The molecule has 0 bridgehead atoms. The van der Waals surface area contributed by atoms with Crippen LogP contribution in [0.3, 0.4) is 0 Å². The summed E-state index contributed by atoms with van der Waals surface area (Å²) >= 11 is 0. The van der Waals surface area contributed by atoms with E-state index in [0.717, 1.165) is 32.7 Å². The topological polar surface area (TPSA) is 140 Å². The third kappa shape index (κ3) is 6.81. The summed E-state index contributed by atoms with van der Waals surface area (Å²) in [6.45, 7) is 4.58. The molecule has 312 valence electrons. The first-order valence-corrected chi connectivity index (χ1v) is 21.7. The van der Waals surface area contributed by atoms with E-state index in [1.807, 2.05) is 12.1 Å². The predicted molar refractivity (Wildman–Crippen MR) is 244 cm³/mol. The SMILES string of the molecule is C[C@H](NC(=O)N[C@@H](C)C(=O)N1CCC[C@H]1C(=O)NCc1ccc2ccc3cccc4ccc1c2c34)C(=O)N1CCC[C@H]1C(=O)NCc1ccc2ccc3cccc4ccc1c2c34. The van der Waals surface area contributed by atoms with Gasteiger partial charge in [-0.3, -0.25) is 19.2 Å². The summed E-state index contributed by atoms with van der Waals surface area (Å²) in [4.78, 5) is 70.9. The summed E-state index contributed by atoms with van der Waals surface area (Å²) in [6, 6.07) is 33.9. The minimum absolute atomic E-state index is 0.238. The van der Waals surface area contributed by atoms with Crippen LogP contribution >= 0.6 is 0 Å². The average Bonchev–Trinajstić information content (AvgIpc) is 4.00. The van der Waals surface area contributed by atoms with Gasteiger partial charge in [-0.1, -0.05) is 109 Å². The van der Waals surface area contributed by atoms with Crippen LogP contribution in [-0.4, -0.2) is 76.7 Å². The fraction of sp³-hybridized carbons (Fsp3) is 0.275. The van der Waals surface area contributed by atoms with Gasteiger partial charge in [0.15, 0.2) is 0 Å². The maximum Gasteiger partial charge on any atom is 0.316 e. The van der Waals surface area contributed by atoms with E-state index in [0.29, 0.717) is 51.9 Å². The summed E-state index contributed by atoms with van der Waals surface area (Å²) in [7, 11) is 0. The molecule has 2 aliphatic heterocycles. The molecule has 11 heteroatoms. The fourth-order valence-corrected chi connectivity index (χ4v) is 10.2. The molecule has 4 N–H and O–H groups in total. The molecule has 0 unspecified atom stereocenters. The molecule has 11 nitrogen and oxygen atoms in total. The molecule has 2 heterocycles. The zero-order chi connectivity index (χ0) is 42.6. The van der Waals surface area contributed by atoms with E-state index in [1.165, 1.54) is 52.9 Å². The van der Waals surface area contributed by atoms with Crippen LogP contribution in [0.4, 0.5) is 4.79 Å². The van der Waals surface area contributed by atoms with Gasteiger partial charge in [0.05, 0.1) is 0 Å². The zero-order valence-electron chi connectivity index (χ0n) is 34.8. The van der Waals surface area contributed by atoms with Crippen LogP contribution in [0.15, 0.2) is 109 Å². The van der Waals surface area contributed by atoms with Crippen molar-refractivity contribution in [2.24, 2.45) is 0 Å². The van der Waals surface area contributed by atoms with Crippen LogP contribution in [0.1, 0.15) is 50.7 Å². The van der Waals surface area contributed by atoms with Gasteiger partial charge < -0.3 is 31.1 Å². The van der Waals surface area contributed by atoms with E-state index in [4.69, 9.17) is 0 Å². The number of likely N-dealkylation sites (tertiary alicyclic amines) is 2. The van der Waals surface area contributed by atoms with Crippen molar-refractivity contribution in [1.82, 2.24) is 31.1 Å². The van der Waals surface area contributed by atoms with Gasteiger partial charge in [-0.25, -0.2) is 4.79 Å². The monoisotopic (exact) mass is 824 g/mol. The molecule has 2 fully saturated rings. The van der Waals surface area contributed by atoms with E-state index in [2.05, 4.69) is 118 Å². The van der Waals surface area contributed by atoms with E-state index in [1.54, 1.807) is 13.8 Å². The minimum Gasteiger partial charge on any atom is -0.350 e. The van der Waals surface area contributed by atoms with Gasteiger partial charge in [0.1, 0.15) is 24.2 Å². The Hall–Kier alpha value is -7.01. The largest absolute Gasteiger partial charge is 0.350 e. The van der Waals surface area contributed by atoms with Crippen LogP contribution in [0.2, 0.25) is 0 Å². The van der Waals surface area contributed by atoms with Crippen LogP contribution in [0, 0.1) is 0 Å². The standard InChI is InChI=1S/C51H48N6O5/c1-29(49(60)56-25-5-11-41(56)47(58)52-27-37-19-17-35-15-13-31-7-3-9-33-21-23-39(37)45(35)43(31)33)54-51(62)55-30(2)50(61)57-26-6-12-42(57)48(59)53-28-38-20-18-36-16-14-32-8-4-10-34-22-24-40(38)46(36)44(32)34/h3-4,7-10,13-24,29-30,41-42H,5-6,11-12,25-28H2,1-2H3,(H,52,58)(H,53,59)(H2,54,55,62)/t29-,30-,41-,42-/m0/s1. The van der Waals surface area contributed by atoms with Gasteiger partial charge in [-0.15, -0.1) is 0 Å². The minimum atomic E-state index is -0.951. The van der Waals surface area contributed by atoms with Gasteiger partial charge in [-0.05, 0) is 115 Å². The second-order valence-corrected chi connectivity index (χ2v) is 17.0. The highest BCUT2D eigenvalue weighted by Crippen LogP contribution is 2.37. The summed E-state index contributed by atoms with van der Waals surface area (Å²) in [5.74, 6) is -1.23. The maximum atomic E-state index is 13.7. The van der Waals surface area contributed by atoms with Crippen molar-refractivity contribution in [3.05, 3.63) is 120 Å². The maximum absolute atomic E-state index is 13.7. The second-order valence-electron chi connectivity index (χ2n) is 17.0. The van der Waals surface area contributed by atoms with Crippen molar-refractivity contribution >= 4 is 94.3 Å². The number of hydrogen-bond acceptors (Lipinski definition) is 5. The fourth-order valence-electron chi connectivity index (χ4n) is 10.2.